The van der Waals surface area contributed by atoms with Crippen molar-refractivity contribution < 1.29 is 9.76 Å². The van der Waals surface area contributed by atoms with Gasteiger partial charge in [-0.05, 0) is 52.9 Å². The Morgan fingerprint density at radius 1 is 1.38 bits per heavy atom. The summed E-state index contributed by atoms with van der Waals surface area (Å²) in [5, 5.41) is 9.98. The Hall–Kier alpha value is -0.275. The topological polar surface area (TPSA) is 29.5 Å². The van der Waals surface area contributed by atoms with Gasteiger partial charge in [-0.1, -0.05) is 18.5 Å². The SMILES string of the molecule is C[C@H]1CCC=C(BOC(C)(C)C(C)(C)O)C1. The molecule has 0 heterocycles. The van der Waals surface area contributed by atoms with Crippen molar-refractivity contribution in [1.82, 2.24) is 0 Å². The molecule has 0 aliphatic heterocycles. The van der Waals surface area contributed by atoms with E-state index in [4.69, 9.17) is 4.65 Å². The fraction of sp³-hybridized carbons (Fsp3) is 0.846. The van der Waals surface area contributed by atoms with Crippen LogP contribution in [0, 0.1) is 5.92 Å². The fourth-order valence-electron chi connectivity index (χ4n) is 1.77. The van der Waals surface area contributed by atoms with E-state index in [2.05, 4.69) is 13.0 Å². The van der Waals surface area contributed by atoms with Crippen LogP contribution in [0.4, 0.5) is 0 Å². The molecule has 3 heteroatoms. The van der Waals surface area contributed by atoms with Gasteiger partial charge in [0, 0.05) is 0 Å². The van der Waals surface area contributed by atoms with Gasteiger partial charge in [-0.2, -0.15) is 0 Å². The van der Waals surface area contributed by atoms with E-state index in [1.54, 1.807) is 13.8 Å². The summed E-state index contributed by atoms with van der Waals surface area (Å²) < 4.78 is 5.86. The molecule has 1 N–H and O–H groups in total. The molecule has 0 bridgehead atoms. The minimum atomic E-state index is -0.812. The van der Waals surface area contributed by atoms with Crippen molar-refractivity contribution >= 4 is 7.48 Å². The zero-order chi connectivity index (χ0) is 12.4. The van der Waals surface area contributed by atoms with E-state index in [0.29, 0.717) is 7.48 Å². The Morgan fingerprint density at radius 2 is 2.00 bits per heavy atom. The van der Waals surface area contributed by atoms with Crippen molar-refractivity contribution in [2.24, 2.45) is 5.92 Å². The van der Waals surface area contributed by atoms with Crippen LogP contribution >= 0.6 is 0 Å². The number of rotatable bonds is 4. The van der Waals surface area contributed by atoms with Crippen molar-refractivity contribution in [2.45, 2.75) is 65.1 Å². The van der Waals surface area contributed by atoms with E-state index in [-0.39, 0.29) is 0 Å². The molecule has 0 aromatic carbocycles. The lowest BCUT2D eigenvalue weighted by atomic mass is 9.74. The highest BCUT2D eigenvalue weighted by Gasteiger charge is 2.35. The van der Waals surface area contributed by atoms with Crippen LogP contribution < -0.4 is 0 Å². The van der Waals surface area contributed by atoms with Crippen molar-refractivity contribution in [2.75, 3.05) is 0 Å². The maximum Gasteiger partial charge on any atom is 0.305 e. The average molecular weight is 224 g/mol. The first-order valence-corrected chi connectivity index (χ1v) is 6.26. The molecule has 0 amide bonds. The highest BCUT2D eigenvalue weighted by Crippen LogP contribution is 2.27. The number of allylic oxidation sites excluding steroid dienone is 2. The van der Waals surface area contributed by atoms with Crippen LogP contribution in [0.1, 0.15) is 53.9 Å². The van der Waals surface area contributed by atoms with Crippen LogP contribution in [-0.4, -0.2) is 23.8 Å². The molecule has 16 heavy (non-hydrogen) atoms. The summed E-state index contributed by atoms with van der Waals surface area (Å²) in [4.78, 5) is 0. The van der Waals surface area contributed by atoms with E-state index in [9.17, 15) is 5.11 Å². The summed E-state index contributed by atoms with van der Waals surface area (Å²) in [6, 6.07) is 0. The molecule has 0 radical (unpaired) electrons. The summed E-state index contributed by atoms with van der Waals surface area (Å²) in [5.41, 5.74) is 0.0682. The maximum atomic E-state index is 9.98. The fourth-order valence-corrected chi connectivity index (χ4v) is 1.77. The van der Waals surface area contributed by atoms with E-state index < -0.39 is 11.2 Å². The zero-order valence-electron chi connectivity index (χ0n) is 11.3. The Morgan fingerprint density at radius 3 is 2.50 bits per heavy atom. The second-order valence-corrected chi connectivity index (χ2v) is 6.11. The number of hydrogen-bond donors (Lipinski definition) is 1. The molecule has 92 valence electrons. The third-order valence-electron chi connectivity index (χ3n) is 3.79. The summed E-state index contributed by atoms with van der Waals surface area (Å²) in [6.45, 7) is 9.77. The molecule has 0 aromatic rings. The Labute approximate surface area is 100 Å². The minimum absolute atomic E-state index is 0.505. The van der Waals surface area contributed by atoms with Gasteiger partial charge in [-0.25, -0.2) is 0 Å². The van der Waals surface area contributed by atoms with Crippen molar-refractivity contribution in [3.05, 3.63) is 11.5 Å². The van der Waals surface area contributed by atoms with E-state index in [1.807, 2.05) is 13.8 Å². The molecule has 2 nitrogen and oxygen atoms in total. The molecule has 0 spiro atoms. The zero-order valence-corrected chi connectivity index (χ0v) is 11.3. The highest BCUT2D eigenvalue weighted by molar-refractivity contribution is 6.38. The molecule has 1 aliphatic rings. The molecule has 1 aliphatic carbocycles. The van der Waals surface area contributed by atoms with Gasteiger partial charge in [0.2, 0.25) is 0 Å². The van der Waals surface area contributed by atoms with Gasteiger partial charge in [0.15, 0.2) is 0 Å². The van der Waals surface area contributed by atoms with Crippen LogP contribution in [0.5, 0.6) is 0 Å². The van der Waals surface area contributed by atoms with Gasteiger partial charge in [-0.15, -0.1) is 0 Å². The molecule has 1 atom stereocenters. The first-order valence-electron chi connectivity index (χ1n) is 6.26. The molecule has 1 rings (SSSR count). The van der Waals surface area contributed by atoms with Crippen LogP contribution in [0.15, 0.2) is 11.5 Å². The number of hydrogen-bond acceptors (Lipinski definition) is 2. The largest absolute Gasteiger partial charge is 0.427 e. The first-order chi connectivity index (χ1) is 7.22. The van der Waals surface area contributed by atoms with Gasteiger partial charge in [0.25, 0.3) is 0 Å². The third kappa shape index (κ3) is 3.64. The van der Waals surface area contributed by atoms with Crippen LogP contribution in [0.2, 0.25) is 0 Å². The van der Waals surface area contributed by atoms with Gasteiger partial charge in [0.05, 0.1) is 11.2 Å². The van der Waals surface area contributed by atoms with Crippen molar-refractivity contribution in [3.63, 3.8) is 0 Å². The second-order valence-electron chi connectivity index (χ2n) is 6.11. The van der Waals surface area contributed by atoms with Crippen molar-refractivity contribution in [1.29, 1.82) is 0 Å². The quantitative estimate of drug-likeness (QED) is 0.744. The van der Waals surface area contributed by atoms with Crippen molar-refractivity contribution in [3.8, 4) is 0 Å². The normalized spacial score (nSPS) is 22.9. The lowest BCUT2D eigenvalue weighted by molar-refractivity contribution is -0.0897. The summed E-state index contributed by atoms with van der Waals surface area (Å²) in [7, 11) is 0.654. The number of aliphatic hydroxyl groups is 1. The van der Waals surface area contributed by atoms with Gasteiger partial charge < -0.3 is 9.76 Å². The molecular weight excluding hydrogens is 199 g/mol. The summed E-state index contributed by atoms with van der Waals surface area (Å²) in [5.74, 6) is 0.772. The van der Waals surface area contributed by atoms with Gasteiger partial charge in [0.1, 0.15) is 0 Å². The Balaban J connectivity index is 2.48. The average Bonchev–Trinajstić information content (AvgIpc) is 2.13. The van der Waals surface area contributed by atoms with E-state index >= 15 is 0 Å². The minimum Gasteiger partial charge on any atom is -0.427 e. The van der Waals surface area contributed by atoms with Gasteiger partial charge >= 0.3 is 7.48 Å². The van der Waals surface area contributed by atoms with E-state index in [1.165, 1.54) is 18.3 Å². The summed E-state index contributed by atoms with van der Waals surface area (Å²) in [6.07, 6.45) is 5.89. The third-order valence-corrected chi connectivity index (χ3v) is 3.79. The van der Waals surface area contributed by atoms with Crippen LogP contribution in [0.25, 0.3) is 0 Å². The standard InChI is InChI=1S/C13H25BO2/c1-10-7-6-8-11(9-10)14-16-13(4,5)12(2,3)15/h8,10,14-15H,6-7,9H2,1-5H3/t10-/m0/s1. The highest BCUT2D eigenvalue weighted by atomic mass is 16.5. The lowest BCUT2D eigenvalue weighted by Crippen LogP contribution is -2.48. The lowest BCUT2D eigenvalue weighted by Gasteiger charge is -2.38. The monoisotopic (exact) mass is 224 g/mol. The predicted molar refractivity (Wildman–Crippen MR) is 69.7 cm³/mol. The maximum absolute atomic E-state index is 9.98. The van der Waals surface area contributed by atoms with E-state index in [0.717, 1.165) is 12.3 Å². The van der Waals surface area contributed by atoms with Gasteiger partial charge in [-0.3, -0.25) is 0 Å². The first kappa shape index (κ1) is 13.8. The second kappa shape index (κ2) is 4.93. The smallest absolute Gasteiger partial charge is 0.305 e. The molecule has 0 saturated heterocycles. The molecule has 0 fully saturated rings. The molecule has 0 aromatic heterocycles. The predicted octanol–water partition coefficient (Wildman–Crippen LogP) is 2.61. The molecular formula is C13H25BO2. The molecule has 0 unspecified atom stereocenters. The van der Waals surface area contributed by atoms with Crippen LogP contribution in [0.3, 0.4) is 0 Å². The Kier molecular flexibility index (Phi) is 4.25. The molecule has 0 saturated carbocycles. The summed E-state index contributed by atoms with van der Waals surface area (Å²) >= 11 is 0. The van der Waals surface area contributed by atoms with Crippen LogP contribution in [-0.2, 0) is 4.65 Å². The Bertz CT molecular complexity index is 264.